The summed E-state index contributed by atoms with van der Waals surface area (Å²) < 4.78 is 5.10. The SMILES string of the molecule is CCCNC(=O)/C(=C/c1cccnc1)NC(=O)/C=C/c1ccc(OC)cc1. The van der Waals surface area contributed by atoms with E-state index < -0.39 is 5.91 Å². The molecule has 6 nitrogen and oxygen atoms in total. The van der Waals surface area contributed by atoms with Crippen LogP contribution in [0.1, 0.15) is 24.5 Å². The third-order valence-electron chi connectivity index (χ3n) is 3.58. The highest BCUT2D eigenvalue weighted by atomic mass is 16.5. The Bertz CT molecular complexity index is 812. The van der Waals surface area contributed by atoms with Gasteiger partial charge in [-0.15, -0.1) is 0 Å². The van der Waals surface area contributed by atoms with Gasteiger partial charge in [-0.3, -0.25) is 14.6 Å². The highest BCUT2D eigenvalue weighted by molar-refractivity contribution is 6.04. The average Bonchev–Trinajstić information content (AvgIpc) is 2.71. The van der Waals surface area contributed by atoms with Crippen LogP contribution < -0.4 is 15.4 Å². The van der Waals surface area contributed by atoms with Gasteiger partial charge in [-0.05, 0) is 47.9 Å². The van der Waals surface area contributed by atoms with Crippen molar-refractivity contribution in [3.8, 4) is 5.75 Å². The molecule has 27 heavy (non-hydrogen) atoms. The maximum Gasteiger partial charge on any atom is 0.267 e. The maximum atomic E-state index is 12.3. The fraction of sp³-hybridized carbons (Fsp3) is 0.190. The molecule has 2 aromatic rings. The predicted molar refractivity (Wildman–Crippen MR) is 106 cm³/mol. The van der Waals surface area contributed by atoms with E-state index in [-0.39, 0.29) is 11.6 Å². The van der Waals surface area contributed by atoms with E-state index in [1.54, 1.807) is 43.8 Å². The fourth-order valence-electron chi connectivity index (χ4n) is 2.18. The Hall–Kier alpha value is -3.41. The zero-order valence-corrected chi connectivity index (χ0v) is 15.4. The third-order valence-corrected chi connectivity index (χ3v) is 3.58. The first-order chi connectivity index (χ1) is 13.1. The van der Waals surface area contributed by atoms with Gasteiger partial charge in [0.2, 0.25) is 5.91 Å². The van der Waals surface area contributed by atoms with Crippen LogP contribution in [0.3, 0.4) is 0 Å². The standard InChI is InChI=1S/C21H23N3O3/c1-3-12-23-21(26)19(14-17-5-4-13-22-15-17)24-20(25)11-8-16-6-9-18(27-2)10-7-16/h4-11,13-15H,3,12H2,1-2H3,(H,23,26)(H,24,25)/b11-8+,19-14-. The number of ether oxygens (including phenoxy) is 1. The van der Waals surface area contributed by atoms with Crippen LogP contribution in [0.5, 0.6) is 5.75 Å². The summed E-state index contributed by atoms with van der Waals surface area (Å²) in [5.41, 5.74) is 1.73. The van der Waals surface area contributed by atoms with Crippen molar-refractivity contribution in [1.29, 1.82) is 0 Å². The monoisotopic (exact) mass is 365 g/mol. The molecule has 1 heterocycles. The number of methoxy groups -OCH3 is 1. The lowest BCUT2D eigenvalue weighted by atomic mass is 10.2. The molecule has 0 bridgehead atoms. The molecule has 0 fully saturated rings. The molecule has 0 aliphatic rings. The first kappa shape index (κ1) is 19.9. The van der Waals surface area contributed by atoms with Crippen LogP contribution in [-0.4, -0.2) is 30.5 Å². The van der Waals surface area contributed by atoms with Gasteiger partial charge in [-0.1, -0.05) is 25.1 Å². The Morgan fingerprint density at radius 1 is 1.15 bits per heavy atom. The van der Waals surface area contributed by atoms with Gasteiger partial charge >= 0.3 is 0 Å². The third kappa shape index (κ3) is 6.78. The van der Waals surface area contributed by atoms with Crippen molar-refractivity contribution in [2.45, 2.75) is 13.3 Å². The van der Waals surface area contributed by atoms with Crippen LogP contribution in [-0.2, 0) is 9.59 Å². The summed E-state index contributed by atoms with van der Waals surface area (Å²) in [5, 5.41) is 5.40. The number of hydrogen-bond acceptors (Lipinski definition) is 4. The maximum absolute atomic E-state index is 12.3. The molecule has 2 rings (SSSR count). The molecule has 0 atom stereocenters. The van der Waals surface area contributed by atoms with Crippen LogP contribution >= 0.6 is 0 Å². The number of nitrogens with zero attached hydrogens (tertiary/aromatic N) is 1. The van der Waals surface area contributed by atoms with E-state index in [1.807, 2.05) is 31.2 Å². The minimum atomic E-state index is -0.396. The Labute approximate surface area is 159 Å². The lowest BCUT2D eigenvalue weighted by molar-refractivity contribution is -0.121. The summed E-state index contributed by atoms with van der Waals surface area (Å²) in [5.74, 6) is 0.00499. The fourth-order valence-corrected chi connectivity index (χ4v) is 2.18. The Kier molecular flexibility index (Phi) is 7.78. The van der Waals surface area contributed by atoms with Gasteiger partial charge in [-0.25, -0.2) is 0 Å². The number of amides is 2. The summed E-state index contributed by atoms with van der Waals surface area (Å²) in [6.07, 6.45) is 8.71. The predicted octanol–water partition coefficient (Wildman–Crippen LogP) is 2.79. The normalized spacial score (nSPS) is 11.3. The van der Waals surface area contributed by atoms with E-state index in [2.05, 4.69) is 15.6 Å². The summed E-state index contributed by atoms with van der Waals surface area (Å²) in [7, 11) is 1.60. The van der Waals surface area contributed by atoms with E-state index in [9.17, 15) is 9.59 Å². The van der Waals surface area contributed by atoms with Crippen LogP contribution in [0, 0.1) is 0 Å². The van der Waals surface area contributed by atoms with Crippen LogP contribution in [0.15, 0.2) is 60.6 Å². The molecular weight excluding hydrogens is 342 g/mol. The number of rotatable bonds is 8. The molecule has 2 N–H and O–H groups in total. The molecule has 0 radical (unpaired) electrons. The molecule has 0 saturated carbocycles. The molecule has 0 aliphatic carbocycles. The van der Waals surface area contributed by atoms with Crippen molar-refractivity contribution in [3.05, 3.63) is 71.7 Å². The molecule has 0 unspecified atom stereocenters. The summed E-state index contributed by atoms with van der Waals surface area (Å²) >= 11 is 0. The Morgan fingerprint density at radius 2 is 1.93 bits per heavy atom. The van der Waals surface area contributed by atoms with Crippen molar-refractivity contribution in [3.63, 3.8) is 0 Å². The summed E-state index contributed by atoms with van der Waals surface area (Å²) in [6, 6.07) is 10.9. The lowest BCUT2D eigenvalue weighted by Gasteiger charge is -2.09. The summed E-state index contributed by atoms with van der Waals surface area (Å²) in [6.45, 7) is 2.49. The molecule has 1 aromatic carbocycles. The van der Waals surface area contributed by atoms with Crippen LogP contribution in [0.25, 0.3) is 12.2 Å². The van der Waals surface area contributed by atoms with E-state index in [0.717, 1.165) is 23.3 Å². The van der Waals surface area contributed by atoms with Crippen LogP contribution in [0.4, 0.5) is 0 Å². The largest absolute Gasteiger partial charge is 0.497 e. The number of hydrogen-bond donors (Lipinski definition) is 2. The molecular formula is C21H23N3O3. The highest BCUT2D eigenvalue weighted by Gasteiger charge is 2.11. The number of pyridine rings is 1. The van der Waals surface area contributed by atoms with Gasteiger partial charge in [0.15, 0.2) is 0 Å². The van der Waals surface area contributed by atoms with Crippen molar-refractivity contribution in [1.82, 2.24) is 15.6 Å². The number of carbonyl (C=O) groups excluding carboxylic acids is 2. The number of carbonyl (C=O) groups is 2. The second kappa shape index (κ2) is 10.6. The van der Waals surface area contributed by atoms with E-state index in [1.165, 1.54) is 6.08 Å². The quantitative estimate of drug-likeness (QED) is 0.705. The number of benzene rings is 1. The Balaban J connectivity index is 2.10. The van der Waals surface area contributed by atoms with E-state index >= 15 is 0 Å². The van der Waals surface area contributed by atoms with Gasteiger partial charge < -0.3 is 15.4 Å². The minimum absolute atomic E-state index is 0.167. The van der Waals surface area contributed by atoms with Crippen molar-refractivity contribution < 1.29 is 14.3 Å². The van der Waals surface area contributed by atoms with Gasteiger partial charge in [0.1, 0.15) is 11.4 Å². The second-order valence-electron chi connectivity index (χ2n) is 5.70. The smallest absolute Gasteiger partial charge is 0.267 e. The summed E-state index contributed by atoms with van der Waals surface area (Å²) in [4.78, 5) is 28.6. The van der Waals surface area contributed by atoms with Crippen LogP contribution in [0.2, 0.25) is 0 Å². The lowest BCUT2D eigenvalue weighted by Crippen LogP contribution is -2.34. The topological polar surface area (TPSA) is 80.3 Å². The van der Waals surface area contributed by atoms with E-state index in [0.29, 0.717) is 6.54 Å². The molecule has 6 heteroatoms. The first-order valence-electron chi connectivity index (χ1n) is 8.65. The first-order valence-corrected chi connectivity index (χ1v) is 8.65. The van der Waals surface area contributed by atoms with Crippen molar-refractivity contribution in [2.75, 3.05) is 13.7 Å². The molecule has 0 spiro atoms. The van der Waals surface area contributed by atoms with Crippen molar-refractivity contribution >= 4 is 24.0 Å². The second-order valence-corrected chi connectivity index (χ2v) is 5.70. The molecule has 1 aromatic heterocycles. The van der Waals surface area contributed by atoms with Gasteiger partial charge in [0.05, 0.1) is 7.11 Å². The molecule has 2 amide bonds. The number of nitrogens with one attached hydrogen (secondary N) is 2. The molecule has 0 aliphatic heterocycles. The molecule has 0 saturated heterocycles. The Morgan fingerprint density at radius 3 is 2.56 bits per heavy atom. The van der Waals surface area contributed by atoms with Gasteiger partial charge in [-0.2, -0.15) is 0 Å². The average molecular weight is 365 g/mol. The van der Waals surface area contributed by atoms with Crippen molar-refractivity contribution in [2.24, 2.45) is 0 Å². The molecule has 140 valence electrons. The van der Waals surface area contributed by atoms with Gasteiger partial charge in [0, 0.05) is 25.0 Å². The highest BCUT2D eigenvalue weighted by Crippen LogP contribution is 2.12. The van der Waals surface area contributed by atoms with E-state index in [4.69, 9.17) is 4.74 Å². The van der Waals surface area contributed by atoms with Gasteiger partial charge in [0.25, 0.3) is 5.91 Å². The zero-order valence-electron chi connectivity index (χ0n) is 15.4. The zero-order chi connectivity index (χ0) is 19.5. The minimum Gasteiger partial charge on any atom is -0.497 e. The number of aromatic nitrogens is 1.